The molecule has 0 aromatic rings. The average molecular weight is 209 g/mol. The number of Topliss-reactive ketones (excluding diaryl/α,β-unsaturated/α-hetero) is 2. The Morgan fingerprint density at radius 3 is 1.93 bits per heavy atom. The Balaban J connectivity index is 2.73. The first-order valence-electron chi connectivity index (χ1n) is 5.11. The molecule has 4 nitrogen and oxygen atoms in total. The molecular formula is C11H15NO3. The lowest BCUT2D eigenvalue weighted by Gasteiger charge is -2.35. The number of hydrogen-bond acceptors (Lipinski definition) is 3. The number of amides is 1. The molecule has 0 radical (unpaired) electrons. The maximum absolute atomic E-state index is 11.9. The molecule has 2 atom stereocenters. The van der Waals surface area contributed by atoms with Crippen molar-refractivity contribution in [2.45, 2.75) is 33.6 Å². The second-order valence-corrected chi connectivity index (χ2v) is 5.38. The summed E-state index contributed by atoms with van der Waals surface area (Å²) in [5, 5.41) is 0. The number of rotatable bonds is 1. The highest BCUT2D eigenvalue weighted by atomic mass is 16.2. The van der Waals surface area contributed by atoms with E-state index in [1.165, 1.54) is 0 Å². The molecule has 1 amide bonds. The van der Waals surface area contributed by atoms with E-state index in [1.54, 1.807) is 20.8 Å². The number of hydrogen-bond donors (Lipinski definition) is 1. The fraction of sp³-hybridized carbons (Fsp3) is 0.727. The van der Waals surface area contributed by atoms with Crippen LogP contribution in [-0.4, -0.2) is 17.5 Å². The third-order valence-corrected chi connectivity index (χ3v) is 4.96. The van der Waals surface area contributed by atoms with E-state index in [4.69, 9.17) is 5.73 Å². The van der Waals surface area contributed by atoms with Gasteiger partial charge in [0.05, 0.1) is 0 Å². The Morgan fingerprint density at radius 1 is 1.13 bits per heavy atom. The fourth-order valence-corrected chi connectivity index (χ4v) is 3.32. The molecular weight excluding hydrogens is 194 g/mol. The van der Waals surface area contributed by atoms with Crippen molar-refractivity contribution in [2.24, 2.45) is 22.0 Å². The minimum absolute atomic E-state index is 0.413. The average Bonchev–Trinajstić information content (AvgIpc) is 2.39. The Morgan fingerprint density at radius 2 is 1.67 bits per heavy atom. The van der Waals surface area contributed by atoms with E-state index in [-0.39, 0.29) is 0 Å². The van der Waals surface area contributed by atoms with Gasteiger partial charge in [-0.3, -0.25) is 14.4 Å². The van der Waals surface area contributed by atoms with Crippen LogP contribution < -0.4 is 5.73 Å². The van der Waals surface area contributed by atoms with Crippen LogP contribution >= 0.6 is 0 Å². The van der Waals surface area contributed by atoms with Crippen LogP contribution in [-0.2, 0) is 14.4 Å². The van der Waals surface area contributed by atoms with Crippen molar-refractivity contribution in [3.05, 3.63) is 0 Å². The zero-order valence-corrected chi connectivity index (χ0v) is 9.22. The van der Waals surface area contributed by atoms with Crippen molar-refractivity contribution >= 4 is 17.5 Å². The van der Waals surface area contributed by atoms with Gasteiger partial charge in [0.2, 0.25) is 17.5 Å². The topological polar surface area (TPSA) is 77.2 Å². The number of ketones is 2. The van der Waals surface area contributed by atoms with Gasteiger partial charge in [-0.15, -0.1) is 0 Å². The van der Waals surface area contributed by atoms with Crippen LogP contribution in [0.15, 0.2) is 0 Å². The Kier molecular flexibility index (Phi) is 1.59. The van der Waals surface area contributed by atoms with Crippen LogP contribution in [0.2, 0.25) is 0 Å². The zero-order valence-electron chi connectivity index (χ0n) is 9.22. The maximum atomic E-state index is 11.9. The van der Waals surface area contributed by atoms with Gasteiger partial charge in [0.1, 0.15) is 5.41 Å². The summed E-state index contributed by atoms with van der Waals surface area (Å²) in [7, 11) is 0. The van der Waals surface area contributed by atoms with Crippen molar-refractivity contribution < 1.29 is 14.4 Å². The van der Waals surface area contributed by atoms with Gasteiger partial charge >= 0.3 is 0 Å². The molecule has 82 valence electrons. The Hall–Kier alpha value is -1.19. The highest BCUT2D eigenvalue weighted by Gasteiger charge is 2.77. The molecule has 0 aromatic carbocycles. The first kappa shape index (κ1) is 10.3. The van der Waals surface area contributed by atoms with Gasteiger partial charge in [-0.25, -0.2) is 0 Å². The SMILES string of the molecule is CC1(C)[C@]2(C(N)=O)CC[C@]1(C)C(=O)C2=O. The molecule has 0 spiro atoms. The molecule has 2 bridgehead atoms. The smallest absolute Gasteiger partial charge is 0.232 e. The molecule has 0 unspecified atom stereocenters. The third-order valence-electron chi connectivity index (χ3n) is 4.96. The first-order chi connectivity index (χ1) is 6.72. The van der Waals surface area contributed by atoms with Crippen LogP contribution in [0.3, 0.4) is 0 Å². The fourth-order valence-electron chi connectivity index (χ4n) is 3.32. The van der Waals surface area contributed by atoms with Gasteiger partial charge in [0, 0.05) is 5.41 Å². The summed E-state index contributed by atoms with van der Waals surface area (Å²) in [6, 6.07) is 0. The molecule has 0 aliphatic heterocycles. The molecule has 2 aliphatic carbocycles. The number of carbonyl (C=O) groups is 3. The quantitative estimate of drug-likeness (QED) is 0.502. The van der Waals surface area contributed by atoms with E-state index in [2.05, 4.69) is 0 Å². The minimum Gasteiger partial charge on any atom is -0.369 e. The summed E-state index contributed by atoms with van der Waals surface area (Å²) in [4.78, 5) is 35.3. The molecule has 2 fully saturated rings. The van der Waals surface area contributed by atoms with Crippen LogP contribution in [0.4, 0.5) is 0 Å². The summed E-state index contributed by atoms with van der Waals surface area (Å²) in [5.41, 5.74) is 2.73. The van der Waals surface area contributed by atoms with Gasteiger partial charge in [-0.1, -0.05) is 20.8 Å². The van der Waals surface area contributed by atoms with Crippen LogP contribution in [0, 0.1) is 16.2 Å². The van der Waals surface area contributed by atoms with E-state index in [9.17, 15) is 14.4 Å². The molecule has 2 aliphatic rings. The van der Waals surface area contributed by atoms with Crippen LogP contribution in [0.25, 0.3) is 0 Å². The summed E-state index contributed by atoms with van der Waals surface area (Å²) >= 11 is 0. The molecule has 2 N–H and O–H groups in total. The van der Waals surface area contributed by atoms with Crippen molar-refractivity contribution in [1.82, 2.24) is 0 Å². The zero-order chi connectivity index (χ0) is 11.6. The lowest BCUT2D eigenvalue weighted by Crippen LogP contribution is -2.48. The molecule has 0 saturated heterocycles. The van der Waals surface area contributed by atoms with Gasteiger partial charge in [-0.05, 0) is 18.3 Å². The maximum Gasteiger partial charge on any atom is 0.232 e. The second-order valence-electron chi connectivity index (χ2n) is 5.38. The predicted molar refractivity (Wildman–Crippen MR) is 52.8 cm³/mol. The summed E-state index contributed by atoms with van der Waals surface area (Å²) in [6.45, 7) is 5.37. The van der Waals surface area contributed by atoms with Crippen LogP contribution in [0.1, 0.15) is 33.6 Å². The third kappa shape index (κ3) is 0.713. The van der Waals surface area contributed by atoms with E-state index in [0.29, 0.717) is 12.8 Å². The van der Waals surface area contributed by atoms with E-state index < -0.39 is 33.7 Å². The van der Waals surface area contributed by atoms with E-state index >= 15 is 0 Å². The molecule has 0 aromatic heterocycles. The van der Waals surface area contributed by atoms with Crippen molar-refractivity contribution in [3.8, 4) is 0 Å². The van der Waals surface area contributed by atoms with Gasteiger partial charge < -0.3 is 5.73 Å². The summed E-state index contributed by atoms with van der Waals surface area (Å²) < 4.78 is 0. The molecule has 2 saturated carbocycles. The van der Waals surface area contributed by atoms with Crippen LogP contribution in [0.5, 0.6) is 0 Å². The van der Waals surface area contributed by atoms with E-state index in [0.717, 1.165) is 0 Å². The normalized spacial score (nSPS) is 42.3. The standard InChI is InChI=1S/C11H15NO3/c1-9(2)10(3)4-5-11(9,8(12)15)7(14)6(10)13/h4-5H2,1-3H3,(H2,12,15)/t10-,11-/m1/s1. The molecule has 2 rings (SSSR count). The Labute approximate surface area is 88.2 Å². The molecule has 15 heavy (non-hydrogen) atoms. The second kappa shape index (κ2) is 2.31. The van der Waals surface area contributed by atoms with E-state index in [1.807, 2.05) is 0 Å². The largest absolute Gasteiger partial charge is 0.369 e. The van der Waals surface area contributed by atoms with Gasteiger partial charge in [0.25, 0.3) is 0 Å². The van der Waals surface area contributed by atoms with Gasteiger partial charge in [-0.2, -0.15) is 0 Å². The van der Waals surface area contributed by atoms with Crippen molar-refractivity contribution in [1.29, 1.82) is 0 Å². The summed E-state index contributed by atoms with van der Waals surface area (Å²) in [6.07, 6.45) is 0.990. The highest BCUT2D eigenvalue weighted by molar-refractivity contribution is 6.48. The number of primary amides is 1. The first-order valence-corrected chi connectivity index (χ1v) is 5.11. The lowest BCUT2D eigenvalue weighted by molar-refractivity contribution is -0.148. The molecule has 4 heteroatoms. The van der Waals surface area contributed by atoms with Crippen molar-refractivity contribution in [2.75, 3.05) is 0 Å². The molecule has 0 heterocycles. The van der Waals surface area contributed by atoms with Crippen molar-refractivity contribution in [3.63, 3.8) is 0 Å². The number of nitrogens with two attached hydrogens (primary N) is 1. The monoisotopic (exact) mass is 209 g/mol. The lowest BCUT2D eigenvalue weighted by atomic mass is 9.64. The van der Waals surface area contributed by atoms with Gasteiger partial charge in [0.15, 0.2) is 0 Å². The highest BCUT2D eigenvalue weighted by Crippen LogP contribution is 2.68. The minimum atomic E-state index is -1.25. The Bertz CT molecular complexity index is 399. The predicted octanol–water partition coefficient (Wildman–Crippen LogP) is 0.436. The summed E-state index contributed by atoms with van der Waals surface area (Å²) in [5.74, 6) is -1.64. The number of fused-ring (bicyclic) bond motifs is 2. The number of carbonyl (C=O) groups excluding carboxylic acids is 3.